The Labute approximate surface area is 171 Å². The Kier molecular flexibility index (Phi) is 4.57. The third-order valence-electron chi connectivity index (χ3n) is 5.60. The molecule has 2 atom stereocenters. The largest absolute Gasteiger partial charge is 0.464 e. The number of nitrogens with one attached hydrogen (secondary N) is 1. The maximum Gasteiger partial charge on any atom is 0.328 e. The van der Waals surface area contributed by atoms with E-state index in [9.17, 15) is 14.0 Å². The molecule has 2 fully saturated rings. The Morgan fingerprint density at radius 1 is 1.23 bits per heavy atom. The van der Waals surface area contributed by atoms with Gasteiger partial charge in [-0.15, -0.1) is 5.10 Å². The van der Waals surface area contributed by atoms with Gasteiger partial charge in [-0.3, -0.25) is 4.79 Å². The lowest BCUT2D eigenvalue weighted by molar-refractivity contribution is -0.139. The second-order valence-corrected chi connectivity index (χ2v) is 7.49. The zero-order valence-corrected chi connectivity index (χ0v) is 16.1. The monoisotopic (exact) mass is 409 g/mol. The summed E-state index contributed by atoms with van der Waals surface area (Å²) in [7, 11) is 0. The quantitative estimate of drug-likeness (QED) is 0.665. The molecule has 2 aliphatic rings. The summed E-state index contributed by atoms with van der Waals surface area (Å²) in [5.74, 6) is -0.441. The first-order valence-corrected chi connectivity index (χ1v) is 9.94. The minimum absolute atomic E-state index is 0.0136. The second-order valence-electron chi connectivity index (χ2n) is 7.49. The van der Waals surface area contributed by atoms with Crippen LogP contribution in [0.3, 0.4) is 0 Å². The Bertz CT molecular complexity index is 1130. The van der Waals surface area contributed by atoms with Crippen molar-refractivity contribution in [2.24, 2.45) is 0 Å². The number of nitrogens with zero attached hydrogens (tertiary/aromatic N) is 4. The van der Waals surface area contributed by atoms with Gasteiger partial charge in [0.25, 0.3) is 5.91 Å². The van der Waals surface area contributed by atoms with E-state index in [1.165, 1.54) is 16.8 Å². The topological polar surface area (TPSA) is 88.8 Å². The van der Waals surface area contributed by atoms with E-state index in [1.807, 2.05) is 12.1 Å². The van der Waals surface area contributed by atoms with Crippen LogP contribution in [0.2, 0.25) is 0 Å². The van der Waals surface area contributed by atoms with Gasteiger partial charge in [0.1, 0.15) is 17.7 Å². The molecule has 9 heteroatoms. The van der Waals surface area contributed by atoms with Crippen LogP contribution in [0, 0.1) is 5.82 Å². The molecule has 0 aliphatic carbocycles. The molecule has 1 N–H and O–H groups in total. The van der Waals surface area contributed by atoms with Crippen LogP contribution in [0.25, 0.3) is 5.65 Å². The summed E-state index contributed by atoms with van der Waals surface area (Å²) < 4.78 is 20.1. The van der Waals surface area contributed by atoms with Crippen molar-refractivity contribution in [3.63, 3.8) is 0 Å². The maximum atomic E-state index is 13.7. The molecule has 154 valence electrons. The summed E-state index contributed by atoms with van der Waals surface area (Å²) in [6, 6.07) is 9.63. The van der Waals surface area contributed by atoms with Gasteiger partial charge in [-0.2, -0.15) is 0 Å². The number of benzene rings is 1. The second kappa shape index (κ2) is 7.40. The van der Waals surface area contributed by atoms with E-state index >= 15 is 0 Å². The number of ether oxygens (including phenoxy) is 1. The van der Waals surface area contributed by atoms with Crippen molar-refractivity contribution in [1.82, 2.24) is 19.9 Å². The molecule has 4 heterocycles. The van der Waals surface area contributed by atoms with E-state index in [1.54, 1.807) is 18.2 Å². The summed E-state index contributed by atoms with van der Waals surface area (Å²) in [5.41, 5.74) is 1.67. The fourth-order valence-corrected chi connectivity index (χ4v) is 4.13. The molecule has 5 rings (SSSR count). The molecule has 0 spiro atoms. The van der Waals surface area contributed by atoms with Crippen LogP contribution in [0.15, 0.2) is 42.6 Å². The minimum Gasteiger partial charge on any atom is -0.464 e. The number of cyclic esters (lactones) is 1. The van der Waals surface area contributed by atoms with Gasteiger partial charge in [-0.1, -0.05) is 12.1 Å². The highest BCUT2D eigenvalue weighted by atomic mass is 19.1. The number of halogens is 1. The van der Waals surface area contributed by atoms with E-state index in [0.29, 0.717) is 24.5 Å². The first kappa shape index (κ1) is 18.5. The molecule has 1 aromatic carbocycles. The number of hydrogen-bond donors (Lipinski definition) is 1. The van der Waals surface area contributed by atoms with Crippen LogP contribution >= 0.6 is 0 Å². The minimum atomic E-state index is -0.651. The van der Waals surface area contributed by atoms with E-state index in [2.05, 4.69) is 20.3 Å². The number of hydrogen-bond acceptors (Lipinski definition) is 6. The summed E-state index contributed by atoms with van der Waals surface area (Å²) >= 11 is 0. The van der Waals surface area contributed by atoms with Crippen molar-refractivity contribution in [2.45, 2.75) is 31.3 Å². The molecular formula is C21H20FN5O3. The van der Waals surface area contributed by atoms with Crippen LogP contribution in [-0.4, -0.2) is 45.7 Å². The first-order valence-electron chi connectivity index (χ1n) is 9.94. The average molecular weight is 409 g/mol. The molecule has 2 aromatic heterocycles. The summed E-state index contributed by atoms with van der Waals surface area (Å²) in [6.07, 6.45) is 3.74. The smallest absolute Gasteiger partial charge is 0.328 e. The van der Waals surface area contributed by atoms with Gasteiger partial charge in [0, 0.05) is 13.0 Å². The van der Waals surface area contributed by atoms with Gasteiger partial charge >= 0.3 is 5.97 Å². The first-order chi connectivity index (χ1) is 14.6. The summed E-state index contributed by atoms with van der Waals surface area (Å²) in [6.45, 7) is 1.08. The molecule has 0 bridgehead atoms. The van der Waals surface area contributed by atoms with Gasteiger partial charge in [0.05, 0.1) is 18.8 Å². The van der Waals surface area contributed by atoms with Crippen LogP contribution < -0.4 is 10.2 Å². The third kappa shape index (κ3) is 3.26. The van der Waals surface area contributed by atoms with Crippen LogP contribution in [0.4, 0.5) is 10.2 Å². The zero-order chi connectivity index (χ0) is 20.7. The molecule has 8 nitrogen and oxygen atoms in total. The number of fused-ring (bicyclic) bond motifs is 1. The highest BCUT2D eigenvalue weighted by Gasteiger charge is 2.30. The Morgan fingerprint density at radius 2 is 2.13 bits per heavy atom. The lowest BCUT2D eigenvalue weighted by Crippen LogP contribution is -2.38. The predicted molar refractivity (Wildman–Crippen MR) is 106 cm³/mol. The predicted octanol–water partition coefficient (Wildman–Crippen LogP) is 2.26. The Hall–Kier alpha value is -3.49. The molecule has 3 aromatic rings. The number of amides is 1. The van der Waals surface area contributed by atoms with Gasteiger partial charge in [-0.25, -0.2) is 18.7 Å². The maximum absolute atomic E-state index is 13.7. The van der Waals surface area contributed by atoms with Crippen molar-refractivity contribution >= 4 is 23.3 Å². The molecule has 0 unspecified atom stereocenters. The number of imidazole rings is 1. The number of aromatic nitrogens is 3. The van der Waals surface area contributed by atoms with Gasteiger partial charge in [-0.05, 0) is 42.7 Å². The summed E-state index contributed by atoms with van der Waals surface area (Å²) in [4.78, 5) is 30.7. The van der Waals surface area contributed by atoms with E-state index < -0.39 is 17.9 Å². The highest BCUT2D eigenvalue weighted by molar-refractivity contribution is 5.96. The number of carbonyl (C=O) groups excluding carboxylic acids is 2. The van der Waals surface area contributed by atoms with Crippen molar-refractivity contribution in [2.75, 3.05) is 18.1 Å². The zero-order valence-electron chi connectivity index (χ0n) is 16.1. The normalized spacial score (nSPS) is 21.2. The van der Waals surface area contributed by atoms with Crippen molar-refractivity contribution in [3.05, 3.63) is 59.7 Å². The number of anilines is 1. The molecular weight excluding hydrogens is 389 g/mol. The molecule has 2 saturated heterocycles. The standard InChI is InChI=1S/C21H20FN5O3/c22-14-4-1-3-13(11-14)16-5-2-9-26(16)19-7-6-18-23-12-17(27(18)25-19)20(28)24-15-8-10-30-21(15)29/h1,3-4,6-7,11-12,15-16H,2,5,8-10H2,(H,24,28)/t15-,16-/m1/s1. The van der Waals surface area contributed by atoms with E-state index in [0.717, 1.165) is 24.9 Å². The summed E-state index contributed by atoms with van der Waals surface area (Å²) in [5, 5.41) is 7.32. The van der Waals surface area contributed by atoms with Crippen LogP contribution in [0.1, 0.15) is 41.4 Å². The van der Waals surface area contributed by atoms with Crippen molar-refractivity contribution < 1.29 is 18.7 Å². The van der Waals surface area contributed by atoms with Gasteiger partial charge in [0.15, 0.2) is 11.3 Å². The number of rotatable bonds is 4. The fourth-order valence-electron chi connectivity index (χ4n) is 4.13. The van der Waals surface area contributed by atoms with Crippen molar-refractivity contribution in [1.29, 1.82) is 0 Å². The van der Waals surface area contributed by atoms with Crippen molar-refractivity contribution in [3.8, 4) is 0 Å². The average Bonchev–Trinajstić information content (AvgIpc) is 3.47. The highest BCUT2D eigenvalue weighted by Crippen LogP contribution is 2.35. The van der Waals surface area contributed by atoms with Gasteiger partial charge in [0.2, 0.25) is 0 Å². The molecule has 0 saturated carbocycles. The van der Waals surface area contributed by atoms with Crippen LogP contribution in [-0.2, 0) is 9.53 Å². The molecule has 0 radical (unpaired) electrons. The lowest BCUT2D eigenvalue weighted by Gasteiger charge is -2.26. The third-order valence-corrected chi connectivity index (χ3v) is 5.60. The van der Waals surface area contributed by atoms with Gasteiger partial charge < -0.3 is 15.0 Å². The number of carbonyl (C=O) groups is 2. The molecule has 1 amide bonds. The van der Waals surface area contributed by atoms with Crippen LogP contribution in [0.5, 0.6) is 0 Å². The SMILES string of the molecule is O=C(N[C@@H]1CCOC1=O)c1cnc2ccc(N3CCC[C@@H]3c3cccc(F)c3)nn12. The van der Waals surface area contributed by atoms with E-state index in [-0.39, 0.29) is 17.6 Å². The Morgan fingerprint density at radius 3 is 2.93 bits per heavy atom. The number of esters is 1. The fraction of sp³-hybridized carbons (Fsp3) is 0.333. The Balaban J connectivity index is 1.45. The molecule has 30 heavy (non-hydrogen) atoms. The van der Waals surface area contributed by atoms with E-state index in [4.69, 9.17) is 4.74 Å². The molecule has 2 aliphatic heterocycles. The lowest BCUT2D eigenvalue weighted by atomic mass is 10.0.